The van der Waals surface area contributed by atoms with Crippen molar-refractivity contribution < 1.29 is 27.8 Å². The van der Waals surface area contributed by atoms with Crippen LogP contribution >= 0.6 is 0 Å². The number of nitrogens with zero attached hydrogens (tertiary/aromatic N) is 3. The molecular weight excluding hydrogens is 489 g/mol. The number of aliphatic hydroxyl groups is 1. The number of fused-ring (bicyclic) bond motifs is 1. The van der Waals surface area contributed by atoms with Crippen molar-refractivity contribution in [3.63, 3.8) is 0 Å². The van der Waals surface area contributed by atoms with Crippen LogP contribution in [0, 0.1) is 5.92 Å². The maximum absolute atomic E-state index is 13.3. The zero-order chi connectivity index (χ0) is 26.7. The molecule has 0 saturated heterocycles. The molecule has 0 spiro atoms. The molecule has 4 aromatic rings. The molecule has 11 heteroatoms. The molecular formula is C26H23F3N4O4. The summed E-state index contributed by atoms with van der Waals surface area (Å²) in [5, 5.41) is 11.9. The summed E-state index contributed by atoms with van der Waals surface area (Å²) in [5.41, 5.74) is -1.23. The Morgan fingerprint density at radius 3 is 2.57 bits per heavy atom. The minimum atomic E-state index is -4.57. The second-order valence-corrected chi connectivity index (χ2v) is 8.49. The lowest BCUT2D eigenvalue weighted by atomic mass is 10.1. The van der Waals surface area contributed by atoms with Crippen LogP contribution in [0.2, 0.25) is 0 Å². The Morgan fingerprint density at radius 1 is 1.11 bits per heavy atom. The Balaban J connectivity index is 1.72. The molecule has 0 fully saturated rings. The molecule has 0 radical (unpaired) electrons. The number of pyridine rings is 1. The molecule has 1 atom stereocenters. The number of hydrogen-bond acceptors (Lipinski definition) is 6. The van der Waals surface area contributed by atoms with Crippen LogP contribution in [-0.4, -0.2) is 38.8 Å². The van der Waals surface area contributed by atoms with E-state index in [9.17, 15) is 22.8 Å². The van der Waals surface area contributed by atoms with E-state index in [1.807, 2.05) is 0 Å². The summed E-state index contributed by atoms with van der Waals surface area (Å²) in [7, 11) is 1.41. The number of carbonyl (C=O) groups excluding carboxylic acids is 1. The average molecular weight is 512 g/mol. The third-order valence-electron chi connectivity index (χ3n) is 5.59. The SMILES string of the molecule is CC(CO)COc1cccc(NC(=O)c2cccc3c(=O)n(C)c(-c4cccc(C(F)(F)F)c4)nc23)n1. The largest absolute Gasteiger partial charge is 0.477 e. The second-order valence-electron chi connectivity index (χ2n) is 8.49. The summed E-state index contributed by atoms with van der Waals surface area (Å²) >= 11 is 0. The maximum atomic E-state index is 13.3. The average Bonchev–Trinajstić information content (AvgIpc) is 2.88. The van der Waals surface area contributed by atoms with E-state index < -0.39 is 23.2 Å². The Bertz CT molecular complexity index is 1520. The van der Waals surface area contributed by atoms with Crippen LogP contribution in [0.4, 0.5) is 19.0 Å². The smallest absolute Gasteiger partial charge is 0.416 e. The Labute approximate surface area is 209 Å². The van der Waals surface area contributed by atoms with Crippen LogP contribution < -0.4 is 15.6 Å². The van der Waals surface area contributed by atoms with Crippen LogP contribution in [0.15, 0.2) is 65.5 Å². The summed E-state index contributed by atoms with van der Waals surface area (Å²) < 4.78 is 46.5. The monoisotopic (exact) mass is 512 g/mol. The van der Waals surface area contributed by atoms with Gasteiger partial charge in [0, 0.05) is 31.2 Å². The van der Waals surface area contributed by atoms with Crippen molar-refractivity contribution in [2.24, 2.45) is 13.0 Å². The number of halogens is 3. The number of aromatic nitrogens is 3. The Hall–Kier alpha value is -4.25. The molecule has 0 aliphatic carbocycles. The van der Waals surface area contributed by atoms with Gasteiger partial charge in [0.05, 0.1) is 28.6 Å². The molecule has 8 nitrogen and oxygen atoms in total. The van der Waals surface area contributed by atoms with Gasteiger partial charge in [0.15, 0.2) is 0 Å². The highest BCUT2D eigenvalue weighted by molar-refractivity contribution is 6.11. The number of hydrogen-bond donors (Lipinski definition) is 2. The molecule has 2 heterocycles. The first-order valence-corrected chi connectivity index (χ1v) is 11.3. The lowest BCUT2D eigenvalue weighted by Crippen LogP contribution is -2.22. The van der Waals surface area contributed by atoms with E-state index in [0.717, 1.165) is 16.7 Å². The van der Waals surface area contributed by atoms with Crippen LogP contribution in [-0.2, 0) is 13.2 Å². The van der Waals surface area contributed by atoms with Gasteiger partial charge in [0.1, 0.15) is 11.6 Å². The van der Waals surface area contributed by atoms with Crippen molar-refractivity contribution in [1.29, 1.82) is 0 Å². The number of alkyl halides is 3. The molecule has 37 heavy (non-hydrogen) atoms. The number of nitrogens with one attached hydrogen (secondary N) is 1. The van der Waals surface area contributed by atoms with Gasteiger partial charge in [-0.1, -0.05) is 31.2 Å². The van der Waals surface area contributed by atoms with Crippen LogP contribution in [0.1, 0.15) is 22.8 Å². The number of para-hydroxylation sites is 1. The number of amides is 1. The topological polar surface area (TPSA) is 106 Å². The van der Waals surface area contributed by atoms with E-state index in [2.05, 4.69) is 15.3 Å². The van der Waals surface area contributed by atoms with Gasteiger partial charge < -0.3 is 15.2 Å². The molecule has 4 rings (SSSR count). The number of aliphatic hydroxyl groups excluding tert-OH is 1. The fraction of sp³-hybridized carbons (Fsp3) is 0.231. The van der Waals surface area contributed by atoms with Crippen LogP contribution in [0.25, 0.3) is 22.3 Å². The van der Waals surface area contributed by atoms with E-state index in [1.54, 1.807) is 25.1 Å². The lowest BCUT2D eigenvalue weighted by molar-refractivity contribution is -0.137. The van der Waals surface area contributed by atoms with Crippen molar-refractivity contribution in [3.05, 3.63) is 82.1 Å². The summed E-state index contributed by atoms with van der Waals surface area (Å²) in [5.74, 6) is -0.312. The summed E-state index contributed by atoms with van der Waals surface area (Å²) in [4.78, 5) is 34.9. The molecule has 2 aromatic heterocycles. The predicted molar refractivity (Wildman–Crippen MR) is 131 cm³/mol. The first-order valence-electron chi connectivity index (χ1n) is 11.3. The second kappa shape index (κ2) is 10.4. The van der Waals surface area contributed by atoms with Gasteiger partial charge in [-0.2, -0.15) is 18.2 Å². The lowest BCUT2D eigenvalue weighted by Gasteiger charge is -2.14. The summed E-state index contributed by atoms with van der Waals surface area (Å²) in [6.07, 6.45) is -4.57. The molecule has 1 amide bonds. The normalized spacial score (nSPS) is 12.4. The zero-order valence-corrected chi connectivity index (χ0v) is 19.9. The molecule has 0 aliphatic rings. The highest BCUT2D eigenvalue weighted by Crippen LogP contribution is 2.32. The highest BCUT2D eigenvalue weighted by Gasteiger charge is 2.31. The molecule has 192 valence electrons. The van der Waals surface area contributed by atoms with Crippen LogP contribution in [0.3, 0.4) is 0 Å². The first kappa shape index (κ1) is 25.8. The van der Waals surface area contributed by atoms with Crippen molar-refractivity contribution in [1.82, 2.24) is 14.5 Å². The third-order valence-corrected chi connectivity index (χ3v) is 5.59. The van der Waals surface area contributed by atoms with E-state index in [4.69, 9.17) is 9.84 Å². The predicted octanol–water partition coefficient (Wildman–Crippen LogP) is 4.27. The first-order chi connectivity index (χ1) is 17.6. The van der Waals surface area contributed by atoms with Gasteiger partial charge in [0.2, 0.25) is 5.88 Å². The van der Waals surface area contributed by atoms with Gasteiger partial charge in [-0.3, -0.25) is 14.2 Å². The van der Waals surface area contributed by atoms with Gasteiger partial charge in [-0.05, 0) is 30.3 Å². The Morgan fingerprint density at radius 2 is 1.84 bits per heavy atom. The van der Waals surface area contributed by atoms with E-state index in [-0.39, 0.29) is 58.7 Å². The highest BCUT2D eigenvalue weighted by atomic mass is 19.4. The molecule has 0 bridgehead atoms. The van der Waals surface area contributed by atoms with Crippen LogP contribution in [0.5, 0.6) is 5.88 Å². The standard InChI is InChI=1S/C26H23F3N4O4/c1-15(13-34)14-37-21-11-5-10-20(30-21)31-24(35)18-8-4-9-19-22(18)32-23(33(2)25(19)36)16-6-3-7-17(12-16)26(27,28)29/h3-12,15,34H,13-14H2,1-2H3,(H,30,31,35). The van der Waals surface area contributed by atoms with Crippen molar-refractivity contribution in [3.8, 4) is 17.3 Å². The zero-order valence-electron chi connectivity index (χ0n) is 19.9. The third kappa shape index (κ3) is 5.61. The Kier molecular flexibility index (Phi) is 7.25. The fourth-order valence-corrected chi connectivity index (χ4v) is 3.60. The van der Waals surface area contributed by atoms with Gasteiger partial charge in [-0.25, -0.2) is 4.98 Å². The minimum absolute atomic E-state index is 0.0182. The minimum Gasteiger partial charge on any atom is -0.477 e. The number of rotatable bonds is 7. The molecule has 2 aromatic carbocycles. The summed E-state index contributed by atoms with van der Waals surface area (Å²) in [6.45, 7) is 1.99. The molecule has 1 unspecified atom stereocenters. The van der Waals surface area contributed by atoms with Gasteiger partial charge in [-0.15, -0.1) is 0 Å². The fourth-order valence-electron chi connectivity index (χ4n) is 3.60. The van der Waals surface area contributed by atoms with Gasteiger partial charge >= 0.3 is 6.18 Å². The van der Waals surface area contributed by atoms with E-state index in [0.29, 0.717) is 0 Å². The van der Waals surface area contributed by atoms with E-state index in [1.165, 1.54) is 37.4 Å². The number of benzene rings is 2. The van der Waals surface area contributed by atoms with Crippen molar-refractivity contribution in [2.75, 3.05) is 18.5 Å². The van der Waals surface area contributed by atoms with E-state index >= 15 is 0 Å². The van der Waals surface area contributed by atoms with Gasteiger partial charge in [0.25, 0.3) is 11.5 Å². The number of carbonyl (C=O) groups is 1. The molecule has 0 aliphatic heterocycles. The molecule has 2 N–H and O–H groups in total. The summed E-state index contributed by atoms with van der Waals surface area (Å²) in [6, 6.07) is 13.7. The number of ether oxygens (including phenoxy) is 1. The number of anilines is 1. The maximum Gasteiger partial charge on any atom is 0.416 e. The molecule has 0 saturated carbocycles. The van der Waals surface area contributed by atoms with Crippen molar-refractivity contribution >= 4 is 22.6 Å². The van der Waals surface area contributed by atoms with Crippen molar-refractivity contribution in [2.45, 2.75) is 13.1 Å². The quantitative estimate of drug-likeness (QED) is 0.383.